The van der Waals surface area contributed by atoms with Gasteiger partial charge in [-0.2, -0.15) is 0 Å². The molecule has 0 spiro atoms. The van der Waals surface area contributed by atoms with Crippen molar-refractivity contribution in [2.45, 2.75) is 19.3 Å². The van der Waals surface area contributed by atoms with E-state index in [1.807, 2.05) is 30.4 Å². The second-order valence-electron chi connectivity index (χ2n) is 3.27. The number of nitrogens with one attached hydrogen (secondary N) is 1. The maximum atomic E-state index is 10.8. The molecule has 0 heterocycles. The number of hydrogen-bond donors (Lipinski definition) is 2. The maximum absolute atomic E-state index is 10.8. The zero-order valence-electron chi connectivity index (χ0n) is 8.65. The van der Waals surface area contributed by atoms with Gasteiger partial charge in [0.1, 0.15) is 0 Å². The zero-order chi connectivity index (χ0) is 10.9. The summed E-state index contributed by atoms with van der Waals surface area (Å²) in [5, 5.41) is 0. The van der Waals surface area contributed by atoms with Crippen molar-refractivity contribution in [1.82, 2.24) is 5.43 Å². The van der Waals surface area contributed by atoms with Gasteiger partial charge in [0.05, 0.1) is 0 Å². The Morgan fingerprint density at radius 2 is 2.00 bits per heavy atom. The van der Waals surface area contributed by atoms with Gasteiger partial charge in [-0.1, -0.05) is 42.5 Å². The third-order valence-electron chi connectivity index (χ3n) is 2.07. The van der Waals surface area contributed by atoms with E-state index in [1.165, 1.54) is 5.56 Å². The summed E-state index contributed by atoms with van der Waals surface area (Å²) in [6.07, 6.45) is 6.14. The van der Waals surface area contributed by atoms with Gasteiger partial charge in [0, 0.05) is 6.42 Å². The van der Waals surface area contributed by atoms with E-state index in [0.717, 1.165) is 12.8 Å². The minimum atomic E-state index is -0.161. The minimum absolute atomic E-state index is 0.161. The van der Waals surface area contributed by atoms with E-state index < -0.39 is 0 Å². The van der Waals surface area contributed by atoms with Crippen LogP contribution in [0.1, 0.15) is 18.4 Å². The number of carbonyl (C=O) groups is 1. The summed E-state index contributed by atoms with van der Waals surface area (Å²) in [6.45, 7) is 0. The van der Waals surface area contributed by atoms with Crippen LogP contribution in [-0.4, -0.2) is 5.91 Å². The van der Waals surface area contributed by atoms with Crippen molar-refractivity contribution in [3.8, 4) is 0 Å². The lowest BCUT2D eigenvalue weighted by atomic mass is 10.1. The first kappa shape index (κ1) is 11.5. The predicted octanol–water partition coefficient (Wildman–Crippen LogP) is 1.56. The fraction of sp³-hybridized carbons (Fsp3) is 0.250. The molecule has 3 N–H and O–H groups in total. The summed E-state index contributed by atoms with van der Waals surface area (Å²) in [5.41, 5.74) is 3.39. The van der Waals surface area contributed by atoms with Crippen LogP contribution < -0.4 is 11.3 Å². The highest BCUT2D eigenvalue weighted by Gasteiger charge is 1.92. The van der Waals surface area contributed by atoms with Gasteiger partial charge in [0.25, 0.3) is 0 Å². The standard InChI is InChI=1S/C12H16N2O/c13-14-12(15)10-6-2-5-9-11-7-3-1-4-8-11/h1-4,6-8H,5,9-10,13H2,(H,14,15). The molecule has 3 heteroatoms. The Morgan fingerprint density at radius 1 is 1.27 bits per heavy atom. The molecule has 0 fully saturated rings. The molecule has 3 nitrogen and oxygen atoms in total. The van der Waals surface area contributed by atoms with Crippen molar-refractivity contribution in [3.05, 3.63) is 48.0 Å². The van der Waals surface area contributed by atoms with Crippen LogP contribution >= 0.6 is 0 Å². The molecule has 1 amide bonds. The van der Waals surface area contributed by atoms with E-state index in [4.69, 9.17) is 5.84 Å². The molecule has 1 aromatic rings. The van der Waals surface area contributed by atoms with Crippen molar-refractivity contribution >= 4 is 5.91 Å². The molecule has 1 rings (SSSR count). The number of nitrogens with two attached hydrogens (primary N) is 1. The van der Waals surface area contributed by atoms with E-state index in [1.54, 1.807) is 0 Å². The van der Waals surface area contributed by atoms with Gasteiger partial charge in [-0.05, 0) is 18.4 Å². The SMILES string of the molecule is NNC(=O)CC=CCCc1ccccc1. The molecular formula is C12H16N2O. The molecule has 0 aliphatic carbocycles. The summed E-state index contributed by atoms with van der Waals surface area (Å²) >= 11 is 0. The smallest absolute Gasteiger partial charge is 0.237 e. The van der Waals surface area contributed by atoms with Gasteiger partial charge >= 0.3 is 0 Å². The number of benzene rings is 1. The van der Waals surface area contributed by atoms with Crippen LogP contribution in [0, 0.1) is 0 Å². The minimum Gasteiger partial charge on any atom is -0.294 e. The second-order valence-corrected chi connectivity index (χ2v) is 3.27. The number of amides is 1. The lowest BCUT2D eigenvalue weighted by Gasteiger charge is -1.96. The summed E-state index contributed by atoms with van der Waals surface area (Å²) in [4.78, 5) is 10.8. The normalized spacial score (nSPS) is 10.5. The molecule has 0 bridgehead atoms. The van der Waals surface area contributed by atoms with Crippen molar-refractivity contribution in [2.75, 3.05) is 0 Å². The number of aryl methyl sites for hydroxylation is 1. The Bertz CT molecular complexity index is 320. The highest BCUT2D eigenvalue weighted by Crippen LogP contribution is 2.02. The highest BCUT2D eigenvalue weighted by atomic mass is 16.2. The van der Waals surface area contributed by atoms with Crippen LogP contribution in [-0.2, 0) is 11.2 Å². The highest BCUT2D eigenvalue weighted by molar-refractivity contribution is 5.76. The van der Waals surface area contributed by atoms with Gasteiger partial charge in [-0.15, -0.1) is 0 Å². The maximum Gasteiger partial charge on any atom is 0.237 e. The van der Waals surface area contributed by atoms with Crippen LogP contribution in [0.3, 0.4) is 0 Å². The number of rotatable bonds is 5. The van der Waals surface area contributed by atoms with Gasteiger partial charge in [0.2, 0.25) is 5.91 Å². The summed E-state index contributed by atoms with van der Waals surface area (Å²) < 4.78 is 0. The van der Waals surface area contributed by atoms with Crippen molar-refractivity contribution in [2.24, 2.45) is 5.84 Å². The molecule has 0 saturated carbocycles. The third-order valence-corrected chi connectivity index (χ3v) is 2.07. The van der Waals surface area contributed by atoms with E-state index in [-0.39, 0.29) is 5.91 Å². The lowest BCUT2D eigenvalue weighted by molar-refractivity contribution is -0.120. The zero-order valence-corrected chi connectivity index (χ0v) is 8.65. The van der Waals surface area contributed by atoms with Gasteiger partial charge in [-0.3, -0.25) is 10.2 Å². The quantitative estimate of drug-likeness (QED) is 0.331. The number of allylic oxidation sites excluding steroid dienone is 1. The first-order chi connectivity index (χ1) is 7.33. The molecule has 0 saturated heterocycles. The van der Waals surface area contributed by atoms with Crippen LogP contribution in [0.2, 0.25) is 0 Å². The van der Waals surface area contributed by atoms with Crippen molar-refractivity contribution < 1.29 is 4.79 Å². The van der Waals surface area contributed by atoms with Gasteiger partial charge in [-0.25, -0.2) is 5.84 Å². The fourth-order valence-corrected chi connectivity index (χ4v) is 1.26. The van der Waals surface area contributed by atoms with Crippen LogP contribution in [0.15, 0.2) is 42.5 Å². The third kappa shape index (κ3) is 4.98. The summed E-state index contributed by atoms with van der Waals surface area (Å²) in [7, 11) is 0. The fourth-order valence-electron chi connectivity index (χ4n) is 1.26. The Morgan fingerprint density at radius 3 is 2.67 bits per heavy atom. The molecule has 0 aromatic heterocycles. The molecule has 1 aromatic carbocycles. The molecule has 15 heavy (non-hydrogen) atoms. The van der Waals surface area contributed by atoms with E-state index in [9.17, 15) is 4.79 Å². The Labute approximate surface area is 90.0 Å². The molecule has 80 valence electrons. The first-order valence-electron chi connectivity index (χ1n) is 5.01. The monoisotopic (exact) mass is 204 g/mol. The van der Waals surface area contributed by atoms with Gasteiger partial charge in [0.15, 0.2) is 0 Å². The van der Waals surface area contributed by atoms with Crippen LogP contribution in [0.4, 0.5) is 0 Å². The van der Waals surface area contributed by atoms with Crippen molar-refractivity contribution in [1.29, 1.82) is 0 Å². The molecule has 0 unspecified atom stereocenters. The number of carbonyl (C=O) groups excluding carboxylic acids is 1. The topological polar surface area (TPSA) is 55.1 Å². The number of hydrazine groups is 1. The molecule has 0 aliphatic rings. The molecule has 0 aliphatic heterocycles. The van der Waals surface area contributed by atoms with E-state index in [2.05, 4.69) is 17.6 Å². The molecular weight excluding hydrogens is 188 g/mol. The van der Waals surface area contributed by atoms with Crippen molar-refractivity contribution in [3.63, 3.8) is 0 Å². The molecule has 0 atom stereocenters. The predicted molar refractivity (Wildman–Crippen MR) is 60.9 cm³/mol. The van der Waals surface area contributed by atoms with Gasteiger partial charge < -0.3 is 0 Å². The number of hydrogen-bond acceptors (Lipinski definition) is 2. The Hall–Kier alpha value is -1.61. The van der Waals surface area contributed by atoms with Crippen LogP contribution in [0.25, 0.3) is 0 Å². The molecule has 0 radical (unpaired) electrons. The Kier molecular flexibility index (Phi) is 5.19. The lowest BCUT2D eigenvalue weighted by Crippen LogP contribution is -2.29. The average molecular weight is 204 g/mol. The second kappa shape index (κ2) is 6.79. The summed E-state index contributed by atoms with van der Waals surface area (Å²) in [6, 6.07) is 10.3. The van der Waals surface area contributed by atoms with E-state index in [0.29, 0.717) is 6.42 Å². The first-order valence-corrected chi connectivity index (χ1v) is 5.01. The summed E-state index contributed by atoms with van der Waals surface area (Å²) in [5.74, 6) is 4.78. The largest absolute Gasteiger partial charge is 0.294 e. The Balaban J connectivity index is 2.19. The average Bonchev–Trinajstić information content (AvgIpc) is 2.29. The van der Waals surface area contributed by atoms with Crippen LogP contribution in [0.5, 0.6) is 0 Å². The van der Waals surface area contributed by atoms with E-state index >= 15 is 0 Å².